The van der Waals surface area contributed by atoms with Crippen LogP contribution in [0.1, 0.15) is 39.4 Å². The van der Waals surface area contributed by atoms with Gasteiger partial charge in [-0.2, -0.15) is 0 Å². The first kappa shape index (κ1) is 16.9. The molecular weight excluding hydrogens is 305 g/mol. The molecule has 0 N–H and O–H groups in total. The van der Waals surface area contributed by atoms with Crippen molar-refractivity contribution in [3.05, 3.63) is 23.5 Å². The van der Waals surface area contributed by atoms with Gasteiger partial charge in [-0.15, -0.1) is 0 Å². The van der Waals surface area contributed by atoms with Gasteiger partial charge in [0.05, 0.1) is 11.3 Å². The summed E-state index contributed by atoms with van der Waals surface area (Å²) in [7, 11) is 0. The van der Waals surface area contributed by atoms with Crippen LogP contribution in [0, 0.1) is 11.7 Å². The molecule has 2 rings (SSSR count). The summed E-state index contributed by atoms with van der Waals surface area (Å²) >= 11 is 0. The Morgan fingerprint density at radius 1 is 1.26 bits per heavy atom. The van der Waals surface area contributed by atoms with Gasteiger partial charge in [-0.25, -0.2) is 4.39 Å². The number of carbonyl (C=O) groups is 3. The molecule has 0 aliphatic carbocycles. The molecule has 1 aromatic rings. The molecule has 1 unspecified atom stereocenters. The maximum absolute atomic E-state index is 14.3. The Hall–Kier alpha value is -2.44. The number of rotatable bonds is 4. The zero-order chi connectivity index (χ0) is 17.3. The summed E-state index contributed by atoms with van der Waals surface area (Å²) in [6.45, 7) is 6.35. The van der Waals surface area contributed by atoms with E-state index in [1.165, 1.54) is 17.9 Å². The Kier molecular flexibility index (Phi) is 4.68. The molecule has 1 aromatic carbocycles. The Morgan fingerprint density at radius 2 is 1.91 bits per heavy atom. The van der Waals surface area contributed by atoms with Crippen LogP contribution < -0.4 is 9.64 Å². The number of ether oxygens (including phenoxy) is 2. The molecule has 1 amide bonds. The topological polar surface area (TPSA) is 72.9 Å². The lowest BCUT2D eigenvalue weighted by Gasteiger charge is -2.20. The lowest BCUT2D eigenvalue weighted by atomic mass is 10.1. The molecule has 0 bridgehead atoms. The second kappa shape index (κ2) is 6.36. The van der Waals surface area contributed by atoms with Crippen LogP contribution in [0.25, 0.3) is 0 Å². The number of benzene rings is 1. The van der Waals surface area contributed by atoms with Gasteiger partial charge in [0, 0.05) is 20.4 Å². The van der Waals surface area contributed by atoms with Gasteiger partial charge in [-0.3, -0.25) is 14.4 Å². The Labute approximate surface area is 133 Å². The highest BCUT2D eigenvalue weighted by molar-refractivity contribution is 6.06. The van der Waals surface area contributed by atoms with Crippen molar-refractivity contribution in [3.8, 4) is 5.75 Å². The first-order valence-corrected chi connectivity index (χ1v) is 7.21. The minimum Gasteiger partial charge on any atom is -0.447 e. The van der Waals surface area contributed by atoms with Crippen molar-refractivity contribution in [3.63, 3.8) is 0 Å². The highest BCUT2D eigenvalue weighted by Gasteiger charge is 2.44. The van der Waals surface area contributed by atoms with Crippen molar-refractivity contribution < 1.29 is 28.2 Å². The summed E-state index contributed by atoms with van der Waals surface area (Å²) in [5.74, 6) is -2.41. The molecule has 0 saturated carbocycles. The molecule has 1 heterocycles. The molecule has 0 fully saturated rings. The second-order valence-electron chi connectivity index (χ2n) is 5.73. The van der Waals surface area contributed by atoms with Crippen molar-refractivity contribution >= 4 is 23.5 Å². The number of hydrogen-bond acceptors (Lipinski definition) is 5. The first-order chi connectivity index (χ1) is 10.7. The van der Waals surface area contributed by atoms with Crippen LogP contribution in [0.5, 0.6) is 5.75 Å². The van der Waals surface area contributed by atoms with Gasteiger partial charge < -0.3 is 14.4 Å². The standard InChI is InChI=1S/C16H18FNO5/c1-8(2)7-18-14-11(17)5-6-12(22-9(3)19)13(14)15(16(18)21)23-10(4)20/h5-6,8,15H,7H2,1-4H3. The van der Waals surface area contributed by atoms with Crippen molar-refractivity contribution in [1.82, 2.24) is 0 Å². The summed E-state index contributed by atoms with van der Waals surface area (Å²) in [6, 6.07) is 2.37. The van der Waals surface area contributed by atoms with E-state index in [1.54, 1.807) is 0 Å². The molecule has 1 atom stereocenters. The van der Waals surface area contributed by atoms with E-state index in [2.05, 4.69) is 0 Å². The Balaban J connectivity index is 2.61. The summed E-state index contributed by atoms with van der Waals surface area (Å²) < 4.78 is 24.4. The largest absolute Gasteiger partial charge is 0.447 e. The average Bonchev–Trinajstić information content (AvgIpc) is 2.67. The molecule has 1 aliphatic rings. The van der Waals surface area contributed by atoms with E-state index in [-0.39, 0.29) is 29.5 Å². The fourth-order valence-corrected chi connectivity index (χ4v) is 2.53. The summed E-state index contributed by atoms with van der Waals surface area (Å²) in [4.78, 5) is 36.4. The maximum Gasteiger partial charge on any atom is 0.308 e. The van der Waals surface area contributed by atoms with E-state index in [1.807, 2.05) is 13.8 Å². The fourth-order valence-electron chi connectivity index (χ4n) is 2.53. The smallest absolute Gasteiger partial charge is 0.308 e. The molecule has 0 radical (unpaired) electrons. The average molecular weight is 323 g/mol. The van der Waals surface area contributed by atoms with Gasteiger partial charge >= 0.3 is 11.9 Å². The highest BCUT2D eigenvalue weighted by atomic mass is 19.1. The van der Waals surface area contributed by atoms with E-state index in [9.17, 15) is 18.8 Å². The Bertz CT molecular complexity index is 671. The predicted octanol–water partition coefficient (Wildman–Crippen LogP) is 2.36. The van der Waals surface area contributed by atoms with Gasteiger partial charge in [0.1, 0.15) is 11.6 Å². The van der Waals surface area contributed by atoms with Gasteiger partial charge in [0.25, 0.3) is 5.91 Å². The summed E-state index contributed by atoms with van der Waals surface area (Å²) in [5.41, 5.74) is 0.0646. The number of fused-ring (bicyclic) bond motifs is 1. The van der Waals surface area contributed by atoms with Crippen LogP contribution in [0.3, 0.4) is 0 Å². The van der Waals surface area contributed by atoms with Crippen LogP contribution in [-0.2, 0) is 19.1 Å². The molecule has 1 aliphatic heterocycles. The number of anilines is 1. The normalized spacial score (nSPS) is 16.5. The molecule has 0 spiro atoms. The molecule has 6 nitrogen and oxygen atoms in total. The highest BCUT2D eigenvalue weighted by Crippen LogP contribution is 2.45. The van der Waals surface area contributed by atoms with Crippen molar-refractivity contribution in [2.45, 2.75) is 33.8 Å². The lowest BCUT2D eigenvalue weighted by molar-refractivity contribution is -0.152. The lowest BCUT2D eigenvalue weighted by Crippen LogP contribution is -2.33. The summed E-state index contributed by atoms with van der Waals surface area (Å²) in [5, 5.41) is 0. The van der Waals surface area contributed by atoms with E-state index in [0.717, 1.165) is 13.0 Å². The van der Waals surface area contributed by atoms with Gasteiger partial charge in [-0.05, 0) is 18.1 Å². The number of hydrogen-bond donors (Lipinski definition) is 0. The zero-order valence-corrected chi connectivity index (χ0v) is 13.4. The Morgan fingerprint density at radius 3 is 2.43 bits per heavy atom. The minimum atomic E-state index is -1.31. The maximum atomic E-state index is 14.3. The number of halogens is 1. The third-order valence-corrected chi connectivity index (χ3v) is 3.24. The third-order valence-electron chi connectivity index (χ3n) is 3.24. The molecule has 23 heavy (non-hydrogen) atoms. The van der Waals surface area contributed by atoms with Crippen LogP contribution >= 0.6 is 0 Å². The molecule has 0 saturated heterocycles. The quantitative estimate of drug-likeness (QED) is 0.628. The van der Waals surface area contributed by atoms with Gasteiger partial charge in [0.15, 0.2) is 0 Å². The third kappa shape index (κ3) is 3.33. The predicted molar refractivity (Wildman–Crippen MR) is 79.4 cm³/mol. The fraction of sp³-hybridized carbons (Fsp3) is 0.438. The first-order valence-electron chi connectivity index (χ1n) is 7.21. The monoisotopic (exact) mass is 323 g/mol. The molecule has 0 aromatic heterocycles. The van der Waals surface area contributed by atoms with E-state index >= 15 is 0 Å². The molecular formula is C16H18FNO5. The number of amides is 1. The number of esters is 2. The minimum absolute atomic E-state index is 0.00583. The van der Waals surface area contributed by atoms with Crippen LogP contribution in [0.15, 0.2) is 12.1 Å². The van der Waals surface area contributed by atoms with Gasteiger partial charge in [0.2, 0.25) is 6.10 Å². The van der Waals surface area contributed by atoms with Crippen LogP contribution in [-0.4, -0.2) is 24.4 Å². The van der Waals surface area contributed by atoms with Gasteiger partial charge in [-0.1, -0.05) is 13.8 Å². The van der Waals surface area contributed by atoms with E-state index in [4.69, 9.17) is 9.47 Å². The van der Waals surface area contributed by atoms with Crippen LogP contribution in [0.4, 0.5) is 10.1 Å². The zero-order valence-electron chi connectivity index (χ0n) is 13.4. The molecule has 124 valence electrons. The van der Waals surface area contributed by atoms with Crippen molar-refractivity contribution in [2.24, 2.45) is 5.92 Å². The van der Waals surface area contributed by atoms with E-state index in [0.29, 0.717) is 0 Å². The van der Waals surface area contributed by atoms with Crippen LogP contribution in [0.2, 0.25) is 0 Å². The molecule has 7 heteroatoms. The second-order valence-corrected chi connectivity index (χ2v) is 5.73. The summed E-state index contributed by atoms with van der Waals surface area (Å²) in [6.07, 6.45) is -1.31. The van der Waals surface area contributed by atoms with Crippen molar-refractivity contribution in [2.75, 3.05) is 11.4 Å². The SMILES string of the molecule is CC(=O)Oc1ccc(F)c2c1C(OC(C)=O)C(=O)N2CC(C)C. The van der Waals surface area contributed by atoms with Crippen molar-refractivity contribution in [1.29, 1.82) is 0 Å². The van der Waals surface area contributed by atoms with E-state index < -0.39 is 29.8 Å². The number of carbonyl (C=O) groups excluding carboxylic acids is 3. The number of nitrogens with zero attached hydrogens (tertiary/aromatic N) is 1.